The minimum atomic E-state index is -0.0271. The monoisotopic (exact) mass is 340 g/mol. The van der Waals surface area contributed by atoms with E-state index in [1.54, 1.807) is 38.5 Å². The number of phenolic OH excluding ortho intramolecular Hbond substituents is 1. The van der Waals surface area contributed by atoms with Crippen molar-refractivity contribution in [1.29, 1.82) is 0 Å². The lowest BCUT2D eigenvalue weighted by atomic mass is 10.0. The van der Waals surface area contributed by atoms with Gasteiger partial charge in [-0.05, 0) is 36.8 Å². The lowest BCUT2D eigenvalue weighted by Crippen LogP contribution is -1.87. The van der Waals surface area contributed by atoms with E-state index in [-0.39, 0.29) is 12.4 Å². The molecule has 1 aromatic heterocycles. The Balaban J connectivity index is 2.25. The van der Waals surface area contributed by atoms with Crippen LogP contribution in [-0.4, -0.2) is 31.0 Å². The Labute approximate surface area is 145 Å². The number of phenols is 1. The number of aryl methyl sites for hydroxylation is 1. The second kappa shape index (κ2) is 6.91. The van der Waals surface area contributed by atoms with E-state index in [1.807, 2.05) is 25.1 Å². The molecule has 0 fully saturated rings. The molecule has 0 amide bonds. The van der Waals surface area contributed by atoms with Gasteiger partial charge in [0.1, 0.15) is 17.3 Å². The highest BCUT2D eigenvalue weighted by Gasteiger charge is 2.19. The van der Waals surface area contributed by atoms with Crippen LogP contribution < -0.4 is 9.47 Å². The Morgan fingerprint density at radius 2 is 1.84 bits per heavy atom. The number of hydrogen-bond donors (Lipinski definition) is 2. The van der Waals surface area contributed by atoms with Gasteiger partial charge in [0.25, 0.3) is 0 Å². The molecule has 0 spiro atoms. The quantitative estimate of drug-likeness (QED) is 0.730. The van der Waals surface area contributed by atoms with E-state index in [4.69, 9.17) is 19.0 Å². The predicted octanol–water partition coefficient (Wildman–Crippen LogP) is 4.14. The third-order valence-corrected chi connectivity index (χ3v) is 4.09. The summed E-state index contributed by atoms with van der Waals surface area (Å²) >= 11 is 0. The highest BCUT2D eigenvalue weighted by Crippen LogP contribution is 2.42. The van der Waals surface area contributed by atoms with Gasteiger partial charge < -0.3 is 24.1 Å². The highest BCUT2D eigenvalue weighted by atomic mass is 16.5. The summed E-state index contributed by atoms with van der Waals surface area (Å²) in [6.07, 6.45) is 3.50. The molecule has 0 aliphatic carbocycles. The second-order valence-electron chi connectivity index (χ2n) is 5.63. The summed E-state index contributed by atoms with van der Waals surface area (Å²) in [6, 6.07) is 8.75. The Bertz CT molecular complexity index is 937. The minimum Gasteiger partial charge on any atom is -0.508 e. The standard InChI is InChI=1S/C20H20O5/c1-12-16-9-13(5-4-8-21)10-18(24-3)20(16)25-19(12)15-7-6-14(22)11-17(15)23-2/h4-7,9-11,21-22H,8H2,1-3H3/b5-4+. The van der Waals surface area contributed by atoms with Crippen LogP contribution in [0.1, 0.15) is 11.1 Å². The zero-order valence-corrected chi connectivity index (χ0v) is 14.4. The van der Waals surface area contributed by atoms with Crippen LogP contribution in [0.15, 0.2) is 40.8 Å². The lowest BCUT2D eigenvalue weighted by Gasteiger charge is -2.07. The SMILES string of the molecule is COc1cc(O)ccc1-c1oc2c(OC)cc(/C=C/CO)cc2c1C. The van der Waals surface area contributed by atoms with E-state index in [0.29, 0.717) is 22.8 Å². The van der Waals surface area contributed by atoms with E-state index < -0.39 is 0 Å². The predicted molar refractivity (Wildman–Crippen MR) is 97.3 cm³/mol. The Morgan fingerprint density at radius 1 is 1.08 bits per heavy atom. The maximum absolute atomic E-state index is 9.67. The number of ether oxygens (including phenoxy) is 2. The first kappa shape index (κ1) is 16.9. The molecular weight excluding hydrogens is 320 g/mol. The topological polar surface area (TPSA) is 72.1 Å². The first-order valence-electron chi connectivity index (χ1n) is 7.85. The van der Waals surface area contributed by atoms with Crippen LogP contribution >= 0.6 is 0 Å². The summed E-state index contributed by atoms with van der Waals surface area (Å²) in [4.78, 5) is 0. The maximum Gasteiger partial charge on any atom is 0.176 e. The average molecular weight is 340 g/mol. The summed E-state index contributed by atoms with van der Waals surface area (Å²) < 4.78 is 16.9. The number of benzene rings is 2. The fraction of sp³-hybridized carbons (Fsp3) is 0.200. The second-order valence-corrected chi connectivity index (χ2v) is 5.63. The summed E-state index contributed by atoms with van der Waals surface area (Å²) in [5, 5.41) is 19.6. The number of methoxy groups -OCH3 is 2. The third kappa shape index (κ3) is 3.06. The molecule has 130 valence electrons. The molecule has 2 N–H and O–H groups in total. The van der Waals surface area contributed by atoms with Crippen LogP contribution in [-0.2, 0) is 0 Å². The number of fused-ring (bicyclic) bond motifs is 1. The van der Waals surface area contributed by atoms with Crippen molar-refractivity contribution >= 4 is 17.0 Å². The Kier molecular flexibility index (Phi) is 4.67. The van der Waals surface area contributed by atoms with Crippen molar-refractivity contribution in [2.75, 3.05) is 20.8 Å². The number of aliphatic hydroxyl groups is 1. The molecule has 1 heterocycles. The van der Waals surface area contributed by atoms with Crippen molar-refractivity contribution < 1.29 is 24.1 Å². The molecule has 2 aromatic carbocycles. The van der Waals surface area contributed by atoms with Gasteiger partial charge in [-0.3, -0.25) is 0 Å². The molecule has 3 rings (SSSR count). The zero-order valence-electron chi connectivity index (χ0n) is 14.4. The van der Waals surface area contributed by atoms with E-state index in [1.165, 1.54) is 0 Å². The normalized spacial score (nSPS) is 11.4. The molecule has 0 radical (unpaired) electrons. The molecule has 25 heavy (non-hydrogen) atoms. The molecule has 0 unspecified atom stereocenters. The molecule has 0 aliphatic heterocycles. The Hall–Kier alpha value is -2.92. The number of furan rings is 1. The Morgan fingerprint density at radius 3 is 2.52 bits per heavy atom. The number of aromatic hydroxyl groups is 1. The van der Waals surface area contributed by atoms with Gasteiger partial charge in [0, 0.05) is 17.0 Å². The fourth-order valence-corrected chi connectivity index (χ4v) is 2.87. The number of rotatable bonds is 5. The summed E-state index contributed by atoms with van der Waals surface area (Å²) in [5.74, 6) is 1.93. The summed E-state index contributed by atoms with van der Waals surface area (Å²) in [5.41, 5.74) is 3.25. The van der Waals surface area contributed by atoms with Crippen LogP contribution in [0.5, 0.6) is 17.2 Å². The van der Waals surface area contributed by atoms with Crippen molar-refractivity contribution in [3.8, 4) is 28.6 Å². The summed E-state index contributed by atoms with van der Waals surface area (Å²) in [7, 11) is 3.14. The van der Waals surface area contributed by atoms with Gasteiger partial charge in [-0.25, -0.2) is 0 Å². The molecule has 0 bridgehead atoms. The third-order valence-electron chi connectivity index (χ3n) is 4.09. The van der Waals surface area contributed by atoms with Gasteiger partial charge in [-0.2, -0.15) is 0 Å². The molecule has 0 atom stereocenters. The molecule has 5 heteroatoms. The van der Waals surface area contributed by atoms with Crippen LogP contribution in [0.2, 0.25) is 0 Å². The molecular formula is C20H20O5. The van der Waals surface area contributed by atoms with Crippen LogP contribution in [0.4, 0.5) is 0 Å². The highest BCUT2D eigenvalue weighted by molar-refractivity contribution is 5.94. The maximum atomic E-state index is 9.67. The molecule has 0 saturated carbocycles. The van der Waals surface area contributed by atoms with Crippen molar-refractivity contribution in [2.45, 2.75) is 6.92 Å². The van der Waals surface area contributed by atoms with Crippen molar-refractivity contribution in [3.05, 3.63) is 47.5 Å². The lowest BCUT2D eigenvalue weighted by molar-refractivity contribution is 0.343. The van der Waals surface area contributed by atoms with E-state index in [2.05, 4.69) is 0 Å². The van der Waals surface area contributed by atoms with Gasteiger partial charge in [0.2, 0.25) is 0 Å². The molecule has 3 aromatic rings. The van der Waals surface area contributed by atoms with Gasteiger partial charge in [-0.15, -0.1) is 0 Å². The largest absolute Gasteiger partial charge is 0.508 e. The molecule has 0 saturated heterocycles. The van der Waals surface area contributed by atoms with Crippen LogP contribution in [0.25, 0.3) is 28.4 Å². The number of aliphatic hydroxyl groups excluding tert-OH is 1. The van der Waals surface area contributed by atoms with Gasteiger partial charge in [-0.1, -0.05) is 12.2 Å². The smallest absolute Gasteiger partial charge is 0.176 e. The van der Waals surface area contributed by atoms with E-state index in [9.17, 15) is 5.11 Å². The molecule has 5 nitrogen and oxygen atoms in total. The van der Waals surface area contributed by atoms with E-state index >= 15 is 0 Å². The first-order chi connectivity index (χ1) is 12.1. The van der Waals surface area contributed by atoms with Crippen molar-refractivity contribution in [3.63, 3.8) is 0 Å². The fourth-order valence-electron chi connectivity index (χ4n) is 2.87. The first-order valence-corrected chi connectivity index (χ1v) is 7.85. The number of hydrogen-bond acceptors (Lipinski definition) is 5. The summed E-state index contributed by atoms with van der Waals surface area (Å²) in [6.45, 7) is 1.94. The van der Waals surface area contributed by atoms with Crippen molar-refractivity contribution in [1.82, 2.24) is 0 Å². The van der Waals surface area contributed by atoms with Crippen molar-refractivity contribution in [2.24, 2.45) is 0 Å². The zero-order chi connectivity index (χ0) is 18.0. The van der Waals surface area contributed by atoms with Crippen LogP contribution in [0, 0.1) is 6.92 Å². The van der Waals surface area contributed by atoms with Gasteiger partial charge >= 0.3 is 0 Å². The van der Waals surface area contributed by atoms with E-state index in [0.717, 1.165) is 22.1 Å². The molecule has 0 aliphatic rings. The van der Waals surface area contributed by atoms with Gasteiger partial charge in [0.15, 0.2) is 11.3 Å². The average Bonchev–Trinajstić information content (AvgIpc) is 2.96. The van der Waals surface area contributed by atoms with Gasteiger partial charge in [0.05, 0.1) is 26.4 Å². The van der Waals surface area contributed by atoms with Crippen LogP contribution in [0.3, 0.4) is 0 Å². The minimum absolute atomic E-state index is 0.0271.